The van der Waals surface area contributed by atoms with E-state index in [0.717, 1.165) is 17.0 Å². The third-order valence-corrected chi connectivity index (χ3v) is 3.93. The largest absolute Gasteiger partial charge is 0.390 e. The molecule has 0 fully saturated rings. The van der Waals surface area contributed by atoms with Crippen LogP contribution in [0.2, 0.25) is 0 Å². The monoisotopic (exact) mass is 349 g/mol. The molecule has 0 saturated carbocycles. The lowest BCUT2D eigenvalue weighted by Crippen LogP contribution is -1.94. The summed E-state index contributed by atoms with van der Waals surface area (Å²) in [5.41, 5.74) is 8.10. The van der Waals surface area contributed by atoms with Crippen molar-refractivity contribution >= 4 is 0 Å². The molecule has 1 heterocycles. The van der Waals surface area contributed by atoms with Crippen LogP contribution in [0.3, 0.4) is 0 Å². The fraction of sp³-hybridized carbons (Fsp3) is 0.292. The Morgan fingerprint density at radius 1 is 0.577 bits per heavy atom. The Morgan fingerprint density at radius 2 is 0.923 bits per heavy atom. The predicted octanol–water partition coefficient (Wildman–Crippen LogP) is 5.80. The molecule has 0 aliphatic carbocycles. The van der Waals surface area contributed by atoms with E-state index in [0.29, 0.717) is 0 Å². The molecular weight excluding hydrogens is 318 g/mol. The zero-order chi connectivity index (χ0) is 19.5. The van der Waals surface area contributed by atoms with Crippen LogP contribution in [0.25, 0.3) is 0 Å². The van der Waals surface area contributed by atoms with Crippen molar-refractivity contribution in [1.82, 2.24) is 4.98 Å². The number of pyridine rings is 1. The number of aliphatic hydroxyl groups excluding tert-OH is 1. The third-order valence-electron chi connectivity index (χ3n) is 3.93. The second kappa shape index (κ2) is 11.2. The van der Waals surface area contributed by atoms with Crippen LogP contribution >= 0.6 is 0 Å². The summed E-state index contributed by atoms with van der Waals surface area (Å²) in [6.07, 6.45) is 0. The number of nitrogens with zero attached hydrogens (tertiary/aromatic N) is 1. The van der Waals surface area contributed by atoms with Gasteiger partial charge in [-0.15, -0.1) is 0 Å². The molecule has 0 spiro atoms. The van der Waals surface area contributed by atoms with E-state index in [2.05, 4.69) is 81.2 Å². The summed E-state index contributed by atoms with van der Waals surface area (Å²) in [7, 11) is 0. The molecule has 3 rings (SSSR count). The van der Waals surface area contributed by atoms with Crippen molar-refractivity contribution in [2.45, 2.75) is 48.1 Å². The second-order valence-electron chi connectivity index (χ2n) is 6.68. The first kappa shape index (κ1) is 21.6. The zero-order valence-corrected chi connectivity index (χ0v) is 16.9. The molecular formula is C24H31NO. The quantitative estimate of drug-likeness (QED) is 0.602. The van der Waals surface area contributed by atoms with Crippen LogP contribution in [0.4, 0.5) is 0 Å². The van der Waals surface area contributed by atoms with Crippen LogP contribution in [0.15, 0.2) is 60.7 Å². The topological polar surface area (TPSA) is 33.1 Å². The Bertz CT molecular complexity index is 689. The molecule has 2 aromatic carbocycles. The van der Waals surface area contributed by atoms with E-state index >= 15 is 0 Å². The highest BCUT2D eigenvalue weighted by molar-refractivity contribution is 5.21. The van der Waals surface area contributed by atoms with Gasteiger partial charge in [0, 0.05) is 5.69 Å². The van der Waals surface area contributed by atoms with Crippen molar-refractivity contribution < 1.29 is 5.11 Å². The van der Waals surface area contributed by atoms with Crippen LogP contribution in [0, 0.1) is 41.5 Å². The molecule has 2 nitrogen and oxygen atoms in total. The first-order valence-corrected chi connectivity index (χ1v) is 8.92. The van der Waals surface area contributed by atoms with Crippen molar-refractivity contribution in [3.8, 4) is 0 Å². The first-order chi connectivity index (χ1) is 12.3. The number of rotatable bonds is 1. The van der Waals surface area contributed by atoms with Crippen molar-refractivity contribution in [1.29, 1.82) is 0 Å². The molecule has 1 aromatic heterocycles. The van der Waals surface area contributed by atoms with Gasteiger partial charge in [-0.05, 0) is 53.2 Å². The van der Waals surface area contributed by atoms with E-state index in [1.54, 1.807) is 0 Å². The normalized spacial score (nSPS) is 9.50. The Hall–Kier alpha value is -2.45. The van der Waals surface area contributed by atoms with E-state index in [-0.39, 0.29) is 6.61 Å². The Balaban J connectivity index is 0.000000197. The molecule has 26 heavy (non-hydrogen) atoms. The average molecular weight is 350 g/mol. The van der Waals surface area contributed by atoms with Gasteiger partial charge in [-0.3, -0.25) is 4.98 Å². The van der Waals surface area contributed by atoms with Gasteiger partial charge in [0.15, 0.2) is 0 Å². The van der Waals surface area contributed by atoms with Gasteiger partial charge < -0.3 is 5.11 Å². The molecule has 0 aliphatic rings. The molecule has 0 unspecified atom stereocenters. The predicted molar refractivity (Wildman–Crippen MR) is 111 cm³/mol. The summed E-state index contributed by atoms with van der Waals surface area (Å²) >= 11 is 0. The van der Waals surface area contributed by atoms with E-state index in [9.17, 15) is 0 Å². The van der Waals surface area contributed by atoms with Crippen LogP contribution < -0.4 is 0 Å². The Kier molecular flexibility index (Phi) is 9.32. The maximum atomic E-state index is 8.78. The van der Waals surface area contributed by atoms with Gasteiger partial charge in [0.25, 0.3) is 0 Å². The Morgan fingerprint density at radius 3 is 1.19 bits per heavy atom. The number of aryl methyl sites for hydroxylation is 6. The summed E-state index contributed by atoms with van der Waals surface area (Å²) in [4.78, 5) is 4.14. The number of hydrogen-bond donors (Lipinski definition) is 1. The van der Waals surface area contributed by atoms with Gasteiger partial charge in [0.1, 0.15) is 0 Å². The van der Waals surface area contributed by atoms with Crippen LogP contribution in [0.5, 0.6) is 0 Å². The SMILES string of the molecule is Cc1ccc(C)c(CO)n1.Cc1ccc(C)cc1.Cc1ccc(C)cc1. The van der Waals surface area contributed by atoms with E-state index in [4.69, 9.17) is 5.11 Å². The minimum atomic E-state index is 0.0352. The Labute approximate surface area is 158 Å². The summed E-state index contributed by atoms with van der Waals surface area (Å²) < 4.78 is 0. The summed E-state index contributed by atoms with van der Waals surface area (Å²) in [6.45, 7) is 12.3. The van der Waals surface area contributed by atoms with Gasteiger partial charge in [-0.25, -0.2) is 0 Å². The van der Waals surface area contributed by atoms with Gasteiger partial charge in [0.05, 0.1) is 12.3 Å². The number of aliphatic hydroxyl groups is 1. The highest BCUT2D eigenvalue weighted by atomic mass is 16.3. The van der Waals surface area contributed by atoms with Gasteiger partial charge in [-0.2, -0.15) is 0 Å². The molecule has 1 N–H and O–H groups in total. The minimum Gasteiger partial charge on any atom is -0.390 e. The van der Waals surface area contributed by atoms with Crippen LogP contribution in [-0.4, -0.2) is 10.1 Å². The van der Waals surface area contributed by atoms with Crippen LogP contribution in [0.1, 0.15) is 39.2 Å². The van der Waals surface area contributed by atoms with Crippen LogP contribution in [-0.2, 0) is 6.61 Å². The zero-order valence-electron chi connectivity index (χ0n) is 16.9. The number of benzene rings is 2. The van der Waals surface area contributed by atoms with E-state index in [1.807, 2.05) is 26.0 Å². The van der Waals surface area contributed by atoms with Crippen molar-refractivity contribution in [3.63, 3.8) is 0 Å². The van der Waals surface area contributed by atoms with Crippen molar-refractivity contribution in [2.75, 3.05) is 0 Å². The maximum absolute atomic E-state index is 8.78. The first-order valence-electron chi connectivity index (χ1n) is 8.92. The van der Waals surface area contributed by atoms with Gasteiger partial charge >= 0.3 is 0 Å². The van der Waals surface area contributed by atoms with E-state index in [1.165, 1.54) is 22.3 Å². The molecule has 0 aliphatic heterocycles. The lowest BCUT2D eigenvalue weighted by molar-refractivity contribution is 0.275. The highest BCUT2D eigenvalue weighted by Crippen LogP contribution is 2.05. The standard InChI is InChI=1S/C8H11NO.2C8H10/c1-6-3-4-7(2)9-8(6)5-10;2*1-7-3-5-8(2)6-4-7/h3-4,10H,5H2,1-2H3;2*3-6H,1-2H3. The summed E-state index contributed by atoms with van der Waals surface area (Å²) in [6, 6.07) is 20.9. The lowest BCUT2D eigenvalue weighted by atomic mass is 10.2. The fourth-order valence-electron chi connectivity index (χ4n) is 2.11. The lowest BCUT2D eigenvalue weighted by Gasteiger charge is -2.00. The molecule has 0 bridgehead atoms. The fourth-order valence-corrected chi connectivity index (χ4v) is 2.11. The molecule has 0 radical (unpaired) electrons. The average Bonchev–Trinajstić information content (AvgIpc) is 2.63. The minimum absolute atomic E-state index is 0.0352. The molecule has 3 aromatic rings. The smallest absolute Gasteiger partial charge is 0.0855 e. The van der Waals surface area contributed by atoms with Gasteiger partial charge in [-0.1, -0.05) is 76.9 Å². The second-order valence-corrected chi connectivity index (χ2v) is 6.68. The highest BCUT2D eigenvalue weighted by Gasteiger charge is 1.96. The van der Waals surface area contributed by atoms with Gasteiger partial charge in [0.2, 0.25) is 0 Å². The maximum Gasteiger partial charge on any atom is 0.0855 e. The molecule has 0 amide bonds. The third kappa shape index (κ3) is 8.59. The van der Waals surface area contributed by atoms with E-state index < -0.39 is 0 Å². The molecule has 0 saturated heterocycles. The molecule has 2 heteroatoms. The molecule has 0 atom stereocenters. The summed E-state index contributed by atoms with van der Waals surface area (Å²) in [5.74, 6) is 0. The van der Waals surface area contributed by atoms with Crippen molar-refractivity contribution in [2.24, 2.45) is 0 Å². The van der Waals surface area contributed by atoms with Crippen molar-refractivity contribution in [3.05, 3.63) is 99.9 Å². The molecule has 138 valence electrons. The summed E-state index contributed by atoms with van der Waals surface area (Å²) in [5, 5.41) is 8.78. The number of hydrogen-bond acceptors (Lipinski definition) is 2. The number of aromatic nitrogens is 1.